The van der Waals surface area contributed by atoms with Gasteiger partial charge in [0.15, 0.2) is 0 Å². The second-order valence-electron chi connectivity index (χ2n) is 5.96. The minimum absolute atomic E-state index is 0.132. The number of rotatable bonds is 2. The zero-order chi connectivity index (χ0) is 17.3. The molecule has 1 heterocycles. The van der Waals surface area contributed by atoms with E-state index >= 15 is 0 Å². The molecule has 1 aliphatic heterocycles. The van der Waals surface area contributed by atoms with Crippen molar-refractivity contribution in [3.8, 4) is 0 Å². The molecule has 5 heteroatoms. The lowest BCUT2D eigenvalue weighted by Crippen LogP contribution is -2.57. The molecule has 3 rings (SSSR count). The van der Waals surface area contributed by atoms with E-state index in [1.165, 1.54) is 12.1 Å². The maximum Gasteiger partial charge on any atom is 0.254 e. The number of halogens is 1. The first-order valence-corrected chi connectivity index (χ1v) is 7.92. The van der Waals surface area contributed by atoms with Gasteiger partial charge in [0.1, 0.15) is 11.9 Å². The quantitative estimate of drug-likeness (QED) is 0.851. The normalized spacial score (nSPS) is 18.0. The SMILES string of the molecule is Cc1ccccc1C(=O)N1CCN(c2ccc(F)cc2)C(=O)C1C. The van der Waals surface area contributed by atoms with Gasteiger partial charge in [-0.05, 0) is 49.7 Å². The van der Waals surface area contributed by atoms with Gasteiger partial charge in [-0.15, -0.1) is 0 Å². The average molecular weight is 326 g/mol. The molecule has 0 aromatic heterocycles. The maximum absolute atomic E-state index is 13.1. The fourth-order valence-corrected chi connectivity index (χ4v) is 2.99. The van der Waals surface area contributed by atoms with Crippen LogP contribution < -0.4 is 4.90 Å². The van der Waals surface area contributed by atoms with Crippen LogP contribution in [0.1, 0.15) is 22.8 Å². The van der Waals surface area contributed by atoms with Crippen molar-refractivity contribution in [1.82, 2.24) is 4.90 Å². The number of benzene rings is 2. The first kappa shape index (κ1) is 16.2. The molecule has 1 aliphatic rings. The highest BCUT2D eigenvalue weighted by molar-refractivity contribution is 6.03. The topological polar surface area (TPSA) is 40.6 Å². The van der Waals surface area contributed by atoms with Crippen molar-refractivity contribution in [2.24, 2.45) is 0 Å². The predicted octanol–water partition coefficient (Wildman–Crippen LogP) is 3.01. The van der Waals surface area contributed by atoms with Crippen molar-refractivity contribution < 1.29 is 14.0 Å². The Labute approximate surface area is 140 Å². The molecule has 24 heavy (non-hydrogen) atoms. The van der Waals surface area contributed by atoms with Crippen molar-refractivity contribution in [3.63, 3.8) is 0 Å². The molecule has 1 atom stereocenters. The lowest BCUT2D eigenvalue weighted by molar-refractivity contribution is -0.124. The highest BCUT2D eigenvalue weighted by Crippen LogP contribution is 2.22. The molecule has 0 radical (unpaired) electrons. The van der Waals surface area contributed by atoms with Gasteiger partial charge >= 0.3 is 0 Å². The number of aryl methyl sites for hydroxylation is 1. The summed E-state index contributed by atoms with van der Waals surface area (Å²) in [5.74, 6) is -0.630. The first-order chi connectivity index (χ1) is 11.5. The summed E-state index contributed by atoms with van der Waals surface area (Å²) in [6.45, 7) is 4.45. The number of anilines is 1. The van der Waals surface area contributed by atoms with Crippen LogP contribution in [0.15, 0.2) is 48.5 Å². The molecule has 4 nitrogen and oxygen atoms in total. The van der Waals surface area contributed by atoms with Crippen molar-refractivity contribution in [2.45, 2.75) is 19.9 Å². The highest BCUT2D eigenvalue weighted by atomic mass is 19.1. The van der Waals surface area contributed by atoms with Crippen LogP contribution in [0.2, 0.25) is 0 Å². The molecule has 1 saturated heterocycles. The molecule has 0 N–H and O–H groups in total. The van der Waals surface area contributed by atoms with Gasteiger partial charge in [-0.1, -0.05) is 18.2 Å². The Bertz CT molecular complexity index is 773. The minimum atomic E-state index is -0.559. The predicted molar refractivity (Wildman–Crippen MR) is 90.4 cm³/mol. The van der Waals surface area contributed by atoms with Crippen molar-refractivity contribution >= 4 is 17.5 Å². The van der Waals surface area contributed by atoms with E-state index in [9.17, 15) is 14.0 Å². The minimum Gasteiger partial charge on any atom is -0.325 e. The lowest BCUT2D eigenvalue weighted by Gasteiger charge is -2.39. The summed E-state index contributed by atoms with van der Waals surface area (Å²) in [4.78, 5) is 28.7. The van der Waals surface area contributed by atoms with Crippen LogP contribution in [0.25, 0.3) is 0 Å². The third kappa shape index (κ3) is 2.89. The van der Waals surface area contributed by atoms with Crippen LogP contribution in [-0.4, -0.2) is 35.8 Å². The molecule has 0 aliphatic carbocycles. The van der Waals surface area contributed by atoms with Gasteiger partial charge in [0, 0.05) is 24.3 Å². The molecule has 2 aromatic rings. The molecule has 1 unspecified atom stereocenters. The largest absolute Gasteiger partial charge is 0.325 e. The summed E-state index contributed by atoms with van der Waals surface area (Å²) in [5, 5.41) is 0. The van der Waals surface area contributed by atoms with Gasteiger partial charge in [-0.25, -0.2) is 4.39 Å². The standard InChI is InChI=1S/C19H19FN2O2/c1-13-5-3-4-6-17(13)19(24)21-11-12-22(18(23)14(21)2)16-9-7-15(20)8-10-16/h3-10,14H,11-12H2,1-2H3. The molecule has 0 saturated carbocycles. The van der Waals surface area contributed by atoms with Crippen LogP contribution in [0.4, 0.5) is 10.1 Å². The van der Waals surface area contributed by atoms with E-state index in [1.807, 2.05) is 25.1 Å². The van der Waals surface area contributed by atoms with Gasteiger partial charge in [0.25, 0.3) is 5.91 Å². The summed E-state index contributed by atoms with van der Waals surface area (Å²) >= 11 is 0. The first-order valence-electron chi connectivity index (χ1n) is 7.92. The van der Waals surface area contributed by atoms with Gasteiger partial charge < -0.3 is 9.80 Å². The van der Waals surface area contributed by atoms with Gasteiger partial charge in [-0.2, -0.15) is 0 Å². The molecule has 124 valence electrons. The molecule has 0 spiro atoms. The molecular formula is C19H19FN2O2. The average Bonchev–Trinajstić information content (AvgIpc) is 2.58. The van der Waals surface area contributed by atoms with Gasteiger partial charge in [0.2, 0.25) is 5.91 Å². The highest BCUT2D eigenvalue weighted by Gasteiger charge is 2.35. The van der Waals surface area contributed by atoms with E-state index in [1.54, 1.807) is 34.9 Å². The van der Waals surface area contributed by atoms with E-state index in [-0.39, 0.29) is 17.6 Å². The zero-order valence-electron chi connectivity index (χ0n) is 13.7. The number of piperazine rings is 1. The van der Waals surface area contributed by atoms with Crippen molar-refractivity contribution in [3.05, 3.63) is 65.5 Å². The Kier molecular flexibility index (Phi) is 4.34. The number of hydrogen-bond donors (Lipinski definition) is 0. The Balaban J connectivity index is 1.81. The smallest absolute Gasteiger partial charge is 0.254 e. The fraction of sp³-hybridized carbons (Fsp3) is 0.263. The van der Waals surface area contributed by atoms with E-state index in [2.05, 4.69) is 0 Å². The number of amides is 2. The summed E-state index contributed by atoms with van der Waals surface area (Å²) < 4.78 is 13.1. The second kappa shape index (κ2) is 6.43. The molecule has 0 bridgehead atoms. The lowest BCUT2D eigenvalue weighted by atomic mass is 10.0. The second-order valence-corrected chi connectivity index (χ2v) is 5.96. The maximum atomic E-state index is 13.1. The Morgan fingerprint density at radius 3 is 2.42 bits per heavy atom. The van der Waals surface area contributed by atoms with Crippen LogP contribution >= 0.6 is 0 Å². The van der Waals surface area contributed by atoms with Crippen LogP contribution in [-0.2, 0) is 4.79 Å². The number of hydrogen-bond acceptors (Lipinski definition) is 2. The molecule has 2 aromatic carbocycles. The van der Waals surface area contributed by atoms with Gasteiger partial charge in [0.05, 0.1) is 0 Å². The van der Waals surface area contributed by atoms with Crippen molar-refractivity contribution in [1.29, 1.82) is 0 Å². The summed E-state index contributed by atoms with van der Waals surface area (Å²) in [6.07, 6.45) is 0. The monoisotopic (exact) mass is 326 g/mol. The Hall–Kier alpha value is -2.69. The Morgan fingerprint density at radius 1 is 1.08 bits per heavy atom. The van der Waals surface area contributed by atoms with Gasteiger partial charge in [-0.3, -0.25) is 9.59 Å². The molecular weight excluding hydrogens is 307 g/mol. The van der Waals surface area contributed by atoms with E-state index < -0.39 is 6.04 Å². The summed E-state index contributed by atoms with van der Waals surface area (Å²) in [6, 6.07) is 12.6. The van der Waals surface area contributed by atoms with Crippen molar-refractivity contribution in [2.75, 3.05) is 18.0 Å². The van der Waals surface area contributed by atoms with E-state index in [0.29, 0.717) is 24.3 Å². The summed E-state index contributed by atoms with van der Waals surface area (Å²) in [5.41, 5.74) is 2.16. The van der Waals surface area contributed by atoms with E-state index in [4.69, 9.17) is 0 Å². The molecule has 1 fully saturated rings. The van der Waals surface area contributed by atoms with E-state index in [0.717, 1.165) is 5.56 Å². The summed E-state index contributed by atoms with van der Waals surface area (Å²) in [7, 11) is 0. The van der Waals surface area contributed by atoms with Crippen LogP contribution in [0.3, 0.4) is 0 Å². The Morgan fingerprint density at radius 2 is 1.75 bits per heavy atom. The van der Waals surface area contributed by atoms with Crippen LogP contribution in [0.5, 0.6) is 0 Å². The molecule has 2 amide bonds. The third-order valence-corrected chi connectivity index (χ3v) is 4.43. The van der Waals surface area contributed by atoms with Crippen LogP contribution in [0, 0.1) is 12.7 Å². The third-order valence-electron chi connectivity index (χ3n) is 4.43. The fourth-order valence-electron chi connectivity index (χ4n) is 2.99. The zero-order valence-corrected chi connectivity index (χ0v) is 13.7. The number of carbonyl (C=O) groups excluding carboxylic acids is 2. The number of nitrogens with zero attached hydrogens (tertiary/aromatic N) is 2. The number of carbonyl (C=O) groups is 2.